The van der Waals surface area contributed by atoms with Crippen LogP contribution in [-0.2, 0) is 11.2 Å². The fraction of sp³-hybridized carbons (Fsp3) is 0.417. The number of alkyl halides is 1. The standard InChI is InChI=1S/C12H12F2O2/c1-7-2-3-8-6-9(4-5-13)16-12(15)10(8)11(7)14/h2-3,9H,4-6H2,1H3. The van der Waals surface area contributed by atoms with Crippen molar-refractivity contribution in [1.29, 1.82) is 0 Å². The van der Waals surface area contributed by atoms with Crippen LogP contribution in [0.15, 0.2) is 12.1 Å². The van der Waals surface area contributed by atoms with Crippen LogP contribution in [-0.4, -0.2) is 18.7 Å². The molecular formula is C12H12F2O2. The van der Waals surface area contributed by atoms with E-state index in [4.69, 9.17) is 4.74 Å². The number of cyclic esters (lactones) is 1. The molecule has 0 fully saturated rings. The Kier molecular flexibility index (Phi) is 2.90. The zero-order valence-electron chi connectivity index (χ0n) is 8.93. The molecule has 0 saturated heterocycles. The average molecular weight is 226 g/mol. The van der Waals surface area contributed by atoms with Crippen LogP contribution in [0, 0.1) is 12.7 Å². The van der Waals surface area contributed by atoms with Gasteiger partial charge in [0.2, 0.25) is 0 Å². The Hall–Kier alpha value is -1.45. The molecule has 0 radical (unpaired) electrons. The lowest BCUT2D eigenvalue weighted by Gasteiger charge is -2.24. The Morgan fingerprint density at radius 1 is 1.50 bits per heavy atom. The molecule has 1 unspecified atom stereocenters. The molecule has 0 aromatic heterocycles. The number of ether oxygens (including phenoxy) is 1. The molecule has 1 heterocycles. The van der Waals surface area contributed by atoms with Crippen molar-refractivity contribution < 1.29 is 18.3 Å². The summed E-state index contributed by atoms with van der Waals surface area (Å²) < 4.78 is 30.8. The van der Waals surface area contributed by atoms with E-state index in [0.29, 0.717) is 17.5 Å². The van der Waals surface area contributed by atoms with E-state index in [0.717, 1.165) is 0 Å². The first-order valence-electron chi connectivity index (χ1n) is 5.18. The first kappa shape index (κ1) is 11.0. The summed E-state index contributed by atoms with van der Waals surface area (Å²) in [5.41, 5.74) is 1.03. The van der Waals surface area contributed by atoms with E-state index >= 15 is 0 Å². The second-order valence-electron chi connectivity index (χ2n) is 3.94. The van der Waals surface area contributed by atoms with Gasteiger partial charge in [-0.3, -0.25) is 4.39 Å². The molecule has 0 spiro atoms. The van der Waals surface area contributed by atoms with Crippen LogP contribution in [0.1, 0.15) is 27.9 Å². The van der Waals surface area contributed by atoms with Gasteiger partial charge in [-0.15, -0.1) is 0 Å². The van der Waals surface area contributed by atoms with Gasteiger partial charge in [-0.1, -0.05) is 12.1 Å². The van der Waals surface area contributed by atoms with Crippen molar-refractivity contribution in [2.75, 3.05) is 6.67 Å². The summed E-state index contributed by atoms with van der Waals surface area (Å²) in [4.78, 5) is 11.6. The molecule has 0 bridgehead atoms. The minimum absolute atomic E-state index is 0.00936. The quantitative estimate of drug-likeness (QED) is 0.724. The third-order valence-electron chi connectivity index (χ3n) is 2.78. The third kappa shape index (κ3) is 1.79. The molecule has 0 saturated carbocycles. The van der Waals surface area contributed by atoms with E-state index in [-0.39, 0.29) is 12.0 Å². The monoisotopic (exact) mass is 226 g/mol. The molecule has 4 heteroatoms. The lowest BCUT2D eigenvalue weighted by molar-refractivity contribution is 0.0216. The smallest absolute Gasteiger partial charge is 0.341 e. The van der Waals surface area contributed by atoms with E-state index in [9.17, 15) is 13.6 Å². The number of hydrogen-bond acceptors (Lipinski definition) is 2. The molecule has 0 N–H and O–H groups in total. The summed E-state index contributed by atoms with van der Waals surface area (Å²) in [5, 5.41) is 0. The number of benzene rings is 1. The number of halogens is 2. The van der Waals surface area contributed by atoms with Crippen molar-refractivity contribution in [3.63, 3.8) is 0 Å². The number of rotatable bonds is 2. The Morgan fingerprint density at radius 2 is 2.25 bits per heavy atom. The summed E-state index contributed by atoms with van der Waals surface area (Å²) >= 11 is 0. The van der Waals surface area contributed by atoms with Gasteiger partial charge in [0, 0.05) is 12.8 Å². The minimum Gasteiger partial charge on any atom is -0.458 e. The van der Waals surface area contributed by atoms with Gasteiger partial charge in [0.1, 0.15) is 11.9 Å². The second-order valence-corrected chi connectivity index (χ2v) is 3.94. The Labute approximate surface area is 92.2 Å². The largest absolute Gasteiger partial charge is 0.458 e. The van der Waals surface area contributed by atoms with Gasteiger partial charge >= 0.3 is 5.97 Å². The molecule has 2 nitrogen and oxygen atoms in total. The predicted octanol–water partition coefficient (Wildman–Crippen LogP) is 2.58. The Bertz CT molecular complexity index is 429. The van der Waals surface area contributed by atoms with E-state index in [1.807, 2.05) is 0 Å². The number of carbonyl (C=O) groups excluding carboxylic acids is 1. The fourth-order valence-electron chi connectivity index (χ4n) is 1.89. The zero-order valence-corrected chi connectivity index (χ0v) is 8.93. The van der Waals surface area contributed by atoms with Gasteiger partial charge in [-0.05, 0) is 18.1 Å². The number of fused-ring (bicyclic) bond motifs is 1. The van der Waals surface area contributed by atoms with Gasteiger partial charge < -0.3 is 4.74 Å². The molecular weight excluding hydrogens is 214 g/mol. The lowest BCUT2D eigenvalue weighted by atomic mass is 9.95. The van der Waals surface area contributed by atoms with Crippen molar-refractivity contribution in [2.45, 2.75) is 25.9 Å². The van der Waals surface area contributed by atoms with Crippen molar-refractivity contribution >= 4 is 5.97 Å². The first-order valence-corrected chi connectivity index (χ1v) is 5.18. The summed E-state index contributed by atoms with van der Waals surface area (Å²) in [6, 6.07) is 3.33. The van der Waals surface area contributed by atoms with Crippen LogP contribution >= 0.6 is 0 Å². The summed E-state index contributed by atoms with van der Waals surface area (Å²) in [6.07, 6.45) is 0.0928. The van der Waals surface area contributed by atoms with E-state index in [1.54, 1.807) is 19.1 Å². The van der Waals surface area contributed by atoms with Gasteiger partial charge in [0.05, 0.1) is 12.2 Å². The van der Waals surface area contributed by atoms with Gasteiger partial charge in [0.15, 0.2) is 0 Å². The summed E-state index contributed by atoms with van der Waals surface area (Å²) in [5.74, 6) is -1.21. The number of carbonyl (C=O) groups is 1. The summed E-state index contributed by atoms with van der Waals surface area (Å²) in [7, 11) is 0. The molecule has 1 aliphatic rings. The minimum atomic E-state index is -0.680. The molecule has 86 valence electrons. The van der Waals surface area contributed by atoms with Crippen molar-refractivity contribution in [3.8, 4) is 0 Å². The van der Waals surface area contributed by atoms with E-state index < -0.39 is 24.6 Å². The van der Waals surface area contributed by atoms with Crippen molar-refractivity contribution in [3.05, 3.63) is 34.6 Å². The molecule has 1 aromatic carbocycles. The highest BCUT2D eigenvalue weighted by atomic mass is 19.1. The van der Waals surface area contributed by atoms with Gasteiger partial charge in [-0.25, -0.2) is 9.18 Å². The van der Waals surface area contributed by atoms with Crippen LogP contribution in [0.3, 0.4) is 0 Å². The number of esters is 1. The van der Waals surface area contributed by atoms with Crippen molar-refractivity contribution in [2.24, 2.45) is 0 Å². The normalized spacial score (nSPS) is 19.2. The molecule has 2 rings (SSSR count). The fourth-order valence-corrected chi connectivity index (χ4v) is 1.89. The molecule has 1 atom stereocenters. The molecule has 1 aliphatic heterocycles. The highest BCUT2D eigenvalue weighted by Crippen LogP contribution is 2.26. The highest BCUT2D eigenvalue weighted by molar-refractivity contribution is 5.92. The van der Waals surface area contributed by atoms with Gasteiger partial charge in [-0.2, -0.15) is 0 Å². The van der Waals surface area contributed by atoms with Crippen LogP contribution in [0.25, 0.3) is 0 Å². The highest BCUT2D eigenvalue weighted by Gasteiger charge is 2.29. The van der Waals surface area contributed by atoms with Crippen LogP contribution in [0.5, 0.6) is 0 Å². The lowest BCUT2D eigenvalue weighted by Crippen LogP contribution is -2.29. The van der Waals surface area contributed by atoms with Crippen LogP contribution in [0.2, 0.25) is 0 Å². The Morgan fingerprint density at radius 3 is 2.94 bits per heavy atom. The SMILES string of the molecule is Cc1ccc2c(c1F)C(=O)OC(CCF)C2. The zero-order chi connectivity index (χ0) is 11.7. The molecule has 0 aliphatic carbocycles. The average Bonchev–Trinajstić information content (AvgIpc) is 2.23. The molecule has 16 heavy (non-hydrogen) atoms. The second kappa shape index (κ2) is 4.20. The maximum Gasteiger partial charge on any atom is 0.341 e. The van der Waals surface area contributed by atoms with Crippen LogP contribution in [0.4, 0.5) is 8.78 Å². The molecule has 0 amide bonds. The number of aryl methyl sites for hydroxylation is 1. The topological polar surface area (TPSA) is 26.3 Å². The Balaban J connectivity index is 2.38. The summed E-state index contributed by atoms with van der Waals surface area (Å²) in [6.45, 7) is 1.05. The third-order valence-corrected chi connectivity index (χ3v) is 2.78. The maximum absolute atomic E-state index is 13.7. The number of hydrogen-bond donors (Lipinski definition) is 0. The van der Waals surface area contributed by atoms with Gasteiger partial charge in [0.25, 0.3) is 0 Å². The van der Waals surface area contributed by atoms with Crippen molar-refractivity contribution in [1.82, 2.24) is 0 Å². The maximum atomic E-state index is 13.7. The van der Waals surface area contributed by atoms with E-state index in [1.165, 1.54) is 0 Å². The predicted molar refractivity (Wildman–Crippen MR) is 54.6 cm³/mol. The first-order chi connectivity index (χ1) is 7.63. The molecule has 1 aromatic rings. The van der Waals surface area contributed by atoms with Crippen LogP contribution < -0.4 is 0 Å². The van der Waals surface area contributed by atoms with E-state index in [2.05, 4.69) is 0 Å².